The molecule has 0 aliphatic carbocycles. The number of benzene rings is 1. The Hall–Kier alpha value is -1.35. The molecule has 0 aromatic heterocycles. The summed E-state index contributed by atoms with van der Waals surface area (Å²) in [5.41, 5.74) is 2.50. The van der Waals surface area contributed by atoms with E-state index in [0.717, 1.165) is 12.0 Å². The molecule has 94 valence electrons. The number of hydrogen-bond donors (Lipinski definition) is 1. The van der Waals surface area contributed by atoms with Crippen LogP contribution in [-0.2, 0) is 11.3 Å². The van der Waals surface area contributed by atoms with E-state index in [2.05, 4.69) is 38.1 Å². The van der Waals surface area contributed by atoms with Gasteiger partial charge in [0, 0.05) is 6.54 Å². The fourth-order valence-electron chi connectivity index (χ4n) is 1.79. The minimum atomic E-state index is -0.788. The van der Waals surface area contributed by atoms with Gasteiger partial charge in [-0.05, 0) is 30.5 Å². The van der Waals surface area contributed by atoms with Gasteiger partial charge in [0.25, 0.3) is 0 Å². The van der Waals surface area contributed by atoms with E-state index in [1.54, 1.807) is 4.90 Å². The highest BCUT2D eigenvalue weighted by molar-refractivity contribution is 5.69. The Balaban J connectivity index is 2.59. The SMILES string of the molecule is CCC(C)c1ccc(CN(C)CC(=O)O)cc1. The first-order chi connectivity index (χ1) is 8.02. The van der Waals surface area contributed by atoms with Crippen molar-refractivity contribution in [3.05, 3.63) is 35.4 Å². The van der Waals surface area contributed by atoms with Gasteiger partial charge in [-0.1, -0.05) is 38.1 Å². The Labute approximate surface area is 103 Å². The molecule has 0 aliphatic rings. The average molecular weight is 235 g/mol. The normalized spacial score (nSPS) is 12.7. The van der Waals surface area contributed by atoms with Crippen LogP contribution in [0.1, 0.15) is 37.3 Å². The number of carboxylic acids is 1. The van der Waals surface area contributed by atoms with Crippen LogP contribution in [0.5, 0.6) is 0 Å². The number of carboxylic acid groups (broad SMARTS) is 1. The van der Waals surface area contributed by atoms with Gasteiger partial charge in [0.1, 0.15) is 0 Å². The van der Waals surface area contributed by atoms with Crippen molar-refractivity contribution in [2.24, 2.45) is 0 Å². The molecule has 0 fully saturated rings. The highest BCUT2D eigenvalue weighted by atomic mass is 16.4. The molecule has 0 heterocycles. The minimum absolute atomic E-state index is 0.0765. The van der Waals surface area contributed by atoms with Gasteiger partial charge in [0.15, 0.2) is 0 Å². The van der Waals surface area contributed by atoms with Crippen LogP contribution in [0, 0.1) is 0 Å². The number of hydrogen-bond acceptors (Lipinski definition) is 2. The summed E-state index contributed by atoms with van der Waals surface area (Å²) in [6.07, 6.45) is 1.14. The van der Waals surface area contributed by atoms with Crippen molar-refractivity contribution in [2.45, 2.75) is 32.7 Å². The summed E-state index contributed by atoms with van der Waals surface area (Å²) in [5, 5.41) is 8.67. The molecular formula is C14H21NO2. The molecule has 17 heavy (non-hydrogen) atoms. The fraction of sp³-hybridized carbons (Fsp3) is 0.500. The molecule has 1 aromatic carbocycles. The monoisotopic (exact) mass is 235 g/mol. The van der Waals surface area contributed by atoms with Gasteiger partial charge in [-0.15, -0.1) is 0 Å². The van der Waals surface area contributed by atoms with E-state index in [4.69, 9.17) is 5.11 Å². The highest BCUT2D eigenvalue weighted by Gasteiger charge is 2.06. The Bertz CT molecular complexity index is 359. The third kappa shape index (κ3) is 4.57. The summed E-state index contributed by atoms with van der Waals surface area (Å²) in [7, 11) is 1.82. The second-order valence-electron chi connectivity index (χ2n) is 4.62. The van der Waals surface area contributed by atoms with Gasteiger partial charge in [-0.3, -0.25) is 9.69 Å². The van der Waals surface area contributed by atoms with Crippen LogP contribution >= 0.6 is 0 Å². The molecule has 0 spiro atoms. The lowest BCUT2D eigenvalue weighted by molar-refractivity contribution is -0.138. The van der Waals surface area contributed by atoms with Gasteiger partial charge in [-0.25, -0.2) is 0 Å². The first-order valence-corrected chi connectivity index (χ1v) is 6.02. The predicted molar refractivity (Wildman–Crippen MR) is 69.1 cm³/mol. The smallest absolute Gasteiger partial charge is 0.317 e. The van der Waals surface area contributed by atoms with Crippen LogP contribution in [0.4, 0.5) is 0 Å². The molecule has 1 atom stereocenters. The van der Waals surface area contributed by atoms with Crippen molar-refractivity contribution in [1.29, 1.82) is 0 Å². The van der Waals surface area contributed by atoms with E-state index in [0.29, 0.717) is 12.5 Å². The van der Waals surface area contributed by atoms with Gasteiger partial charge in [-0.2, -0.15) is 0 Å². The summed E-state index contributed by atoms with van der Waals surface area (Å²) in [6, 6.07) is 8.44. The third-order valence-electron chi connectivity index (χ3n) is 3.02. The largest absolute Gasteiger partial charge is 0.480 e. The van der Waals surface area contributed by atoms with Crippen LogP contribution in [0.3, 0.4) is 0 Å². The van der Waals surface area contributed by atoms with Crippen LogP contribution in [0.15, 0.2) is 24.3 Å². The zero-order chi connectivity index (χ0) is 12.8. The first-order valence-electron chi connectivity index (χ1n) is 6.02. The molecule has 1 aromatic rings. The zero-order valence-electron chi connectivity index (χ0n) is 10.8. The lowest BCUT2D eigenvalue weighted by atomic mass is 9.97. The molecule has 1 N–H and O–H groups in total. The van der Waals surface area contributed by atoms with Gasteiger partial charge in [0.05, 0.1) is 6.54 Å². The third-order valence-corrected chi connectivity index (χ3v) is 3.02. The lowest BCUT2D eigenvalue weighted by Gasteiger charge is -2.15. The minimum Gasteiger partial charge on any atom is -0.480 e. The van der Waals surface area contributed by atoms with Crippen LogP contribution < -0.4 is 0 Å². The second kappa shape index (κ2) is 6.40. The van der Waals surface area contributed by atoms with Crippen molar-refractivity contribution < 1.29 is 9.90 Å². The maximum absolute atomic E-state index is 10.5. The maximum Gasteiger partial charge on any atom is 0.317 e. The summed E-state index contributed by atoms with van der Waals surface area (Å²) < 4.78 is 0. The number of likely N-dealkylation sites (N-methyl/N-ethyl adjacent to an activating group) is 1. The quantitative estimate of drug-likeness (QED) is 0.824. The Kier molecular flexibility index (Phi) is 5.16. The lowest BCUT2D eigenvalue weighted by Crippen LogP contribution is -2.25. The fourth-order valence-corrected chi connectivity index (χ4v) is 1.79. The van der Waals surface area contributed by atoms with Crippen LogP contribution in [0.25, 0.3) is 0 Å². The molecule has 0 amide bonds. The molecule has 1 rings (SSSR count). The molecule has 0 bridgehead atoms. The molecular weight excluding hydrogens is 214 g/mol. The molecule has 3 nitrogen and oxygen atoms in total. The van der Waals surface area contributed by atoms with Crippen molar-refractivity contribution in [1.82, 2.24) is 4.90 Å². The second-order valence-corrected chi connectivity index (χ2v) is 4.62. The number of carbonyl (C=O) groups is 1. The molecule has 0 saturated carbocycles. The van der Waals surface area contributed by atoms with Crippen molar-refractivity contribution in [3.8, 4) is 0 Å². The molecule has 0 aliphatic heterocycles. The Morgan fingerprint density at radius 3 is 2.41 bits per heavy atom. The van der Waals surface area contributed by atoms with Gasteiger partial charge in [0.2, 0.25) is 0 Å². The molecule has 3 heteroatoms. The predicted octanol–water partition coefficient (Wildman–Crippen LogP) is 2.72. The summed E-state index contributed by atoms with van der Waals surface area (Å²) in [6.45, 7) is 5.14. The van der Waals surface area contributed by atoms with Crippen molar-refractivity contribution >= 4 is 5.97 Å². The number of nitrogens with zero attached hydrogens (tertiary/aromatic N) is 1. The van der Waals surface area contributed by atoms with E-state index >= 15 is 0 Å². The first kappa shape index (κ1) is 13.7. The topological polar surface area (TPSA) is 40.5 Å². The summed E-state index contributed by atoms with van der Waals surface area (Å²) in [5.74, 6) is -0.204. The Morgan fingerprint density at radius 2 is 1.94 bits per heavy atom. The Morgan fingerprint density at radius 1 is 1.35 bits per heavy atom. The number of rotatable bonds is 6. The zero-order valence-corrected chi connectivity index (χ0v) is 10.8. The average Bonchev–Trinajstić information content (AvgIpc) is 2.28. The van der Waals surface area contributed by atoms with Gasteiger partial charge < -0.3 is 5.11 Å². The van der Waals surface area contributed by atoms with E-state index in [9.17, 15) is 4.79 Å². The van der Waals surface area contributed by atoms with Crippen LogP contribution in [0.2, 0.25) is 0 Å². The molecule has 0 saturated heterocycles. The van der Waals surface area contributed by atoms with Gasteiger partial charge >= 0.3 is 5.97 Å². The van der Waals surface area contributed by atoms with Crippen molar-refractivity contribution in [3.63, 3.8) is 0 Å². The van der Waals surface area contributed by atoms with E-state index in [-0.39, 0.29) is 6.54 Å². The standard InChI is InChI=1S/C14H21NO2/c1-4-11(2)13-7-5-12(6-8-13)9-15(3)10-14(16)17/h5-8,11H,4,9-10H2,1-3H3,(H,16,17). The van der Waals surface area contributed by atoms with E-state index in [1.165, 1.54) is 5.56 Å². The van der Waals surface area contributed by atoms with E-state index < -0.39 is 5.97 Å². The summed E-state index contributed by atoms with van der Waals surface area (Å²) >= 11 is 0. The molecule has 1 unspecified atom stereocenters. The summed E-state index contributed by atoms with van der Waals surface area (Å²) in [4.78, 5) is 12.3. The number of aliphatic carboxylic acids is 1. The maximum atomic E-state index is 10.5. The van der Waals surface area contributed by atoms with E-state index in [1.807, 2.05) is 7.05 Å². The van der Waals surface area contributed by atoms with Crippen molar-refractivity contribution in [2.75, 3.05) is 13.6 Å². The highest BCUT2D eigenvalue weighted by Crippen LogP contribution is 2.19. The molecule has 0 radical (unpaired) electrons. The van der Waals surface area contributed by atoms with Crippen LogP contribution in [-0.4, -0.2) is 29.6 Å².